The van der Waals surface area contributed by atoms with Gasteiger partial charge >= 0.3 is 5.69 Å². The van der Waals surface area contributed by atoms with Gasteiger partial charge in [0.15, 0.2) is 5.82 Å². The highest BCUT2D eigenvalue weighted by atomic mass is 19.1. The van der Waals surface area contributed by atoms with Gasteiger partial charge in [-0.05, 0) is 24.3 Å². The van der Waals surface area contributed by atoms with Crippen LogP contribution in [0.25, 0.3) is 50.4 Å². The van der Waals surface area contributed by atoms with Gasteiger partial charge in [-0.15, -0.1) is 0 Å². The van der Waals surface area contributed by atoms with E-state index in [-0.39, 0.29) is 18.8 Å². The number of rotatable bonds is 5. The molecule has 0 atom stereocenters. The predicted octanol–water partition coefficient (Wildman–Crippen LogP) is 2.61. The zero-order chi connectivity index (χ0) is 25.1. The highest BCUT2D eigenvalue weighted by molar-refractivity contribution is 5.88. The molecule has 6 aromatic rings. The molecule has 0 aliphatic rings. The lowest BCUT2D eigenvalue weighted by Crippen LogP contribution is -2.23. The van der Waals surface area contributed by atoms with Crippen molar-refractivity contribution in [2.45, 2.75) is 6.54 Å². The third-order valence-electron chi connectivity index (χ3n) is 6.52. The Bertz CT molecular complexity index is 1830. The SMILES string of the molecule is Cn1cc(-c2cc3nc(-c4cncn4C)n(-c4ccc5c(c4)n(C)c(=O)n5CCO)c3cc2F)cn1. The molecule has 36 heavy (non-hydrogen) atoms. The number of hydrogen-bond donors (Lipinski definition) is 1. The van der Waals surface area contributed by atoms with E-state index in [4.69, 9.17) is 4.98 Å². The fourth-order valence-electron chi connectivity index (χ4n) is 4.74. The molecule has 0 amide bonds. The standard InChI is InChI=1S/C25H23FN8O2/c1-30-14-27-12-23(30)24-29-19-9-17(15-11-28-31(2)13-15)18(26)10-21(19)34(24)16-4-5-20-22(8-16)32(3)25(36)33(20)6-7-35/h4-5,8-14,35H,6-7H2,1-3H3. The molecule has 4 aromatic heterocycles. The van der Waals surface area contributed by atoms with Crippen molar-refractivity contribution in [1.82, 2.24) is 38.0 Å². The topological polar surface area (TPSA) is 101 Å². The van der Waals surface area contributed by atoms with Crippen LogP contribution < -0.4 is 5.69 Å². The Labute approximate surface area is 204 Å². The van der Waals surface area contributed by atoms with Crippen LogP contribution in [0.15, 0.2) is 60.0 Å². The van der Waals surface area contributed by atoms with Gasteiger partial charge in [-0.1, -0.05) is 0 Å². The summed E-state index contributed by atoms with van der Waals surface area (Å²) in [6.07, 6.45) is 6.77. The summed E-state index contributed by atoms with van der Waals surface area (Å²) in [5, 5.41) is 13.6. The van der Waals surface area contributed by atoms with Crippen molar-refractivity contribution in [3.63, 3.8) is 0 Å². The van der Waals surface area contributed by atoms with E-state index in [1.807, 2.05) is 34.4 Å². The molecule has 10 nitrogen and oxygen atoms in total. The summed E-state index contributed by atoms with van der Waals surface area (Å²) < 4.78 is 23.9. The Morgan fingerprint density at radius 1 is 1.03 bits per heavy atom. The molecule has 2 aromatic carbocycles. The lowest BCUT2D eigenvalue weighted by molar-refractivity contribution is 0.275. The maximum absolute atomic E-state index is 15.4. The highest BCUT2D eigenvalue weighted by Gasteiger charge is 2.21. The first-order valence-corrected chi connectivity index (χ1v) is 11.4. The summed E-state index contributed by atoms with van der Waals surface area (Å²) in [4.78, 5) is 21.9. The number of benzene rings is 2. The van der Waals surface area contributed by atoms with Crippen LogP contribution in [0.1, 0.15) is 0 Å². The van der Waals surface area contributed by atoms with Crippen LogP contribution in [0.4, 0.5) is 4.39 Å². The highest BCUT2D eigenvalue weighted by Crippen LogP contribution is 2.33. The van der Waals surface area contributed by atoms with Crippen LogP contribution in [0.3, 0.4) is 0 Å². The van der Waals surface area contributed by atoms with Gasteiger partial charge in [0.25, 0.3) is 0 Å². The Morgan fingerprint density at radius 3 is 2.56 bits per heavy atom. The molecule has 0 fully saturated rings. The zero-order valence-corrected chi connectivity index (χ0v) is 19.9. The van der Waals surface area contributed by atoms with Gasteiger partial charge in [-0.3, -0.25) is 18.4 Å². The van der Waals surface area contributed by atoms with Crippen molar-refractivity contribution in [3.8, 4) is 28.3 Å². The largest absolute Gasteiger partial charge is 0.395 e. The minimum absolute atomic E-state index is 0.143. The number of aliphatic hydroxyl groups excluding tert-OH is 1. The van der Waals surface area contributed by atoms with Crippen LogP contribution in [0.5, 0.6) is 0 Å². The van der Waals surface area contributed by atoms with Crippen molar-refractivity contribution < 1.29 is 9.50 Å². The molecular weight excluding hydrogens is 463 g/mol. The normalized spacial score (nSPS) is 11.8. The van der Waals surface area contributed by atoms with Gasteiger partial charge in [-0.25, -0.2) is 19.2 Å². The van der Waals surface area contributed by atoms with E-state index in [0.717, 1.165) is 5.69 Å². The summed E-state index contributed by atoms with van der Waals surface area (Å²) >= 11 is 0. The summed E-state index contributed by atoms with van der Waals surface area (Å²) in [6.45, 7) is 0.0578. The van der Waals surface area contributed by atoms with Crippen molar-refractivity contribution in [1.29, 1.82) is 0 Å². The molecule has 0 unspecified atom stereocenters. The van der Waals surface area contributed by atoms with Gasteiger partial charge in [-0.2, -0.15) is 5.10 Å². The minimum Gasteiger partial charge on any atom is -0.395 e. The van der Waals surface area contributed by atoms with Crippen LogP contribution in [-0.4, -0.2) is 49.7 Å². The van der Waals surface area contributed by atoms with Gasteiger partial charge in [0, 0.05) is 50.2 Å². The molecule has 182 valence electrons. The number of aromatic nitrogens is 8. The van der Waals surface area contributed by atoms with Crippen LogP contribution in [-0.2, 0) is 27.7 Å². The van der Waals surface area contributed by atoms with E-state index < -0.39 is 5.82 Å². The van der Waals surface area contributed by atoms with Gasteiger partial charge in [0.1, 0.15) is 11.5 Å². The fraction of sp³-hybridized carbons (Fsp3) is 0.200. The number of aryl methyl sites for hydroxylation is 3. The first-order valence-electron chi connectivity index (χ1n) is 11.4. The molecule has 1 N–H and O–H groups in total. The smallest absolute Gasteiger partial charge is 0.328 e. The second-order valence-electron chi connectivity index (χ2n) is 8.77. The number of fused-ring (bicyclic) bond motifs is 2. The van der Waals surface area contributed by atoms with E-state index in [1.54, 1.807) is 54.3 Å². The molecule has 0 saturated heterocycles. The second-order valence-corrected chi connectivity index (χ2v) is 8.77. The average molecular weight is 487 g/mol. The van der Waals surface area contributed by atoms with E-state index in [0.29, 0.717) is 44.7 Å². The van der Waals surface area contributed by atoms with Gasteiger partial charge < -0.3 is 9.67 Å². The van der Waals surface area contributed by atoms with Crippen LogP contribution >= 0.6 is 0 Å². The van der Waals surface area contributed by atoms with E-state index in [2.05, 4.69) is 10.1 Å². The molecule has 0 saturated carbocycles. The predicted molar refractivity (Wildman–Crippen MR) is 133 cm³/mol. The van der Waals surface area contributed by atoms with Crippen molar-refractivity contribution >= 4 is 22.1 Å². The third-order valence-corrected chi connectivity index (χ3v) is 6.52. The summed E-state index contributed by atoms with van der Waals surface area (Å²) in [7, 11) is 5.35. The Hall–Kier alpha value is -4.51. The van der Waals surface area contributed by atoms with E-state index >= 15 is 4.39 Å². The van der Waals surface area contributed by atoms with Crippen LogP contribution in [0, 0.1) is 5.82 Å². The van der Waals surface area contributed by atoms with Crippen molar-refractivity contribution in [2.24, 2.45) is 21.1 Å². The Balaban J connectivity index is 1.64. The summed E-state index contributed by atoms with van der Waals surface area (Å²) in [6, 6.07) is 8.78. The third kappa shape index (κ3) is 3.20. The molecule has 0 spiro atoms. The summed E-state index contributed by atoms with van der Waals surface area (Å²) in [5.41, 5.74) is 4.91. The van der Waals surface area contributed by atoms with Gasteiger partial charge in [0.2, 0.25) is 0 Å². The minimum atomic E-state index is -0.393. The zero-order valence-electron chi connectivity index (χ0n) is 19.9. The second kappa shape index (κ2) is 8.02. The number of halogens is 1. The average Bonchev–Trinajstić information content (AvgIpc) is 3.62. The van der Waals surface area contributed by atoms with Crippen molar-refractivity contribution in [2.75, 3.05) is 6.61 Å². The maximum atomic E-state index is 15.4. The molecule has 0 aliphatic carbocycles. The van der Waals surface area contributed by atoms with Crippen LogP contribution in [0.2, 0.25) is 0 Å². The lowest BCUT2D eigenvalue weighted by atomic mass is 10.1. The molecule has 11 heteroatoms. The first kappa shape index (κ1) is 22.0. The van der Waals surface area contributed by atoms with E-state index in [1.165, 1.54) is 10.6 Å². The fourth-order valence-corrected chi connectivity index (χ4v) is 4.74. The lowest BCUT2D eigenvalue weighted by Gasteiger charge is -2.11. The number of nitrogens with zero attached hydrogens (tertiary/aromatic N) is 8. The van der Waals surface area contributed by atoms with Gasteiger partial charge in [0.05, 0.1) is 53.9 Å². The number of aliphatic hydroxyl groups is 1. The maximum Gasteiger partial charge on any atom is 0.328 e. The molecule has 0 bridgehead atoms. The number of hydrogen-bond acceptors (Lipinski definition) is 5. The Morgan fingerprint density at radius 2 is 1.86 bits per heavy atom. The molecule has 0 aliphatic heterocycles. The Kier molecular flexibility index (Phi) is 4.90. The first-order chi connectivity index (χ1) is 17.4. The molecular formula is C25H23FN8O2. The monoisotopic (exact) mass is 486 g/mol. The quantitative estimate of drug-likeness (QED) is 0.404. The molecule has 0 radical (unpaired) electrons. The number of imidazole rings is 3. The van der Waals surface area contributed by atoms with Crippen molar-refractivity contribution in [3.05, 3.63) is 71.6 Å². The summed E-state index contributed by atoms with van der Waals surface area (Å²) in [5.74, 6) is 0.197. The molecule has 4 heterocycles. The molecule has 6 rings (SSSR count). The van der Waals surface area contributed by atoms with E-state index in [9.17, 15) is 9.90 Å².